The molecule has 4 rings (SSSR count). The SMILES string of the molecule is CN(c1cccc(/C(=C\C(=O)NO)c2ccccc2)c1)S(=O)(=O)c1cccc2cccnc12. The van der Waals surface area contributed by atoms with Gasteiger partial charge < -0.3 is 0 Å². The Kier molecular flexibility index (Phi) is 6.21. The zero-order valence-electron chi connectivity index (χ0n) is 17.7. The number of anilines is 1. The van der Waals surface area contributed by atoms with E-state index in [4.69, 9.17) is 5.21 Å². The summed E-state index contributed by atoms with van der Waals surface area (Å²) in [4.78, 5) is 16.3. The first-order valence-corrected chi connectivity index (χ1v) is 11.5. The molecule has 0 spiro atoms. The van der Waals surface area contributed by atoms with Crippen LogP contribution in [0.5, 0.6) is 0 Å². The number of carbonyl (C=O) groups is 1. The zero-order chi connectivity index (χ0) is 23.4. The van der Waals surface area contributed by atoms with Gasteiger partial charge in [-0.05, 0) is 41.0 Å². The lowest BCUT2D eigenvalue weighted by molar-refractivity contribution is -0.124. The molecule has 0 fully saturated rings. The van der Waals surface area contributed by atoms with E-state index in [1.54, 1.807) is 48.1 Å². The lowest BCUT2D eigenvalue weighted by Gasteiger charge is -2.21. The predicted octanol–water partition coefficient (Wildman–Crippen LogP) is 4.00. The van der Waals surface area contributed by atoms with E-state index in [1.807, 2.05) is 42.5 Å². The minimum Gasteiger partial charge on any atom is -0.288 e. The van der Waals surface area contributed by atoms with Crippen molar-refractivity contribution >= 4 is 38.1 Å². The van der Waals surface area contributed by atoms with E-state index in [0.717, 1.165) is 10.9 Å². The number of amides is 1. The largest absolute Gasteiger partial charge is 0.288 e. The summed E-state index contributed by atoms with van der Waals surface area (Å²) in [5.74, 6) is -0.693. The molecule has 1 heterocycles. The molecule has 0 bridgehead atoms. The molecule has 0 aliphatic rings. The van der Waals surface area contributed by atoms with Gasteiger partial charge in [0.2, 0.25) is 0 Å². The first kappa shape index (κ1) is 22.2. The Balaban J connectivity index is 1.79. The van der Waals surface area contributed by atoms with Crippen LogP contribution in [-0.4, -0.2) is 31.6 Å². The molecule has 7 nitrogen and oxygen atoms in total. The highest BCUT2D eigenvalue weighted by atomic mass is 32.2. The van der Waals surface area contributed by atoms with Gasteiger partial charge >= 0.3 is 0 Å². The standard InChI is InChI=1S/C25H21N3O4S/c1-28(33(31,32)23-14-6-10-19-12-7-15-26-25(19)23)21-13-5-11-20(16-21)22(17-24(29)27-30)18-8-3-2-4-9-18/h2-17,30H,1H3,(H,27,29)/b22-17-. The molecule has 4 aromatic rings. The lowest BCUT2D eigenvalue weighted by Crippen LogP contribution is -2.27. The zero-order valence-corrected chi connectivity index (χ0v) is 18.5. The molecule has 2 N–H and O–H groups in total. The average Bonchev–Trinajstić information content (AvgIpc) is 2.86. The first-order valence-electron chi connectivity index (χ1n) is 10.1. The molecule has 1 amide bonds. The third-order valence-corrected chi connectivity index (χ3v) is 7.04. The molecule has 3 aromatic carbocycles. The molecule has 0 aliphatic heterocycles. The number of rotatable bonds is 6. The van der Waals surface area contributed by atoms with Gasteiger partial charge in [-0.1, -0.05) is 60.7 Å². The number of fused-ring (bicyclic) bond motifs is 1. The van der Waals surface area contributed by atoms with E-state index in [0.29, 0.717) is 22.3 Å². The average molecular weight is 460 g/mol. The van der Waals surface area contributed by atoms with Gasteiger partial charge in [0, 0.05) is 24.7 Å². The van der Waals surface area contributed by atoms with Gasteiger partial charge in [-0.25, -0.2) is 13.9 Å². The van der Waals surface area contributed by atoms with E-state index < -0.39 is 15.9 Å². The van der Waals surface area contributed by atoms with Crippen LogP contribution >= 0.6 is 0 Å². The Bertz CT molecular complexity index is 1450. The van der Waals surface area contributed by atoms with Gasteiger partial charge in [0.05, 0.1) is 11.2 Å². The number of hydrogen-bond acceptors (Lipinski definition) is 5. The fourth-order valence-corrected chi connectivity index (χ4v) is 4.91. The Morgan fingerprint density at radius 1 is 0.939 bits per heavy atom. The van der Waals surface area contributed by atoms with Gasteiger partial charge in [0.15, 0.2) is 0 Å². The molecule has 1 aromatic heterocycles. The molecule has 166 valence electrons. The number of sulfonamides is 1. The second-order valence-corrected chi connectivity index (χ2v) is 9.19. The minimum atomic E-state index is -3.92. The molecular formula is C25H21N3O4S. The molecule has 33 heavy (non-hydrogen) atoms. The molecule has 8 heteroatoms. The van der Waals surface area contributed by atoms with Crippen LogP contribution in [0.4, 0.5) is 5.69 Å². The summed E-state index contributed by atoms with van der Waals surface area (Å²) >= 11 is 0. The Labute approximate surface area is 191 Å². The van der Waals surface area contributed by atoms with E-state index in [1.165, 1.54) is 23.5 Å². The summed E-state index contributed by atoms with van der Waals surface area (Å²) in [5.41, 5.74) is 4.29. The molecule has 0 radical (unpaired) electrons. The van der Waals surface area contributed by atoms with Crippen molar-refractivity contribution in [1.82, 2.24) is 10.5 Å². The van der Waals surface area contributed by atoms with Gasteiger partial charge in [0.25, 0.3) is 15.9 Å². The van der Waals surface area contributed by atoms with Crippen molar-refractivity contribution in [2.75, 3.05) is 11.4 Å². The number of pyridine rings is 1. The number of carbonyl (C=O) groups excluding carboxylic acids is 1. The highest BCUT2D eigenvalue weighted by Crippen LogP contribution is 2.30. The summed E-state index contributed by atoms with van der Waals surface area (Å²) < 4.78 is 28.2. The van der Waals surface area contributed by atoms with Gasteiger partial charge in [0.1, 0.15) is 4.90 Å². The second-order valence-electron chi connectivity index (χ2n) is 7.25. The molecule has 0 saturated heterocycles. The van der Waals surface area contributed by atoms with E-state index in [9.17, 15) is 13.2 Å². The molecule has 0 unspecified atom stereocenters. The number of para-hydroxylation sites is 1. The number of nitrogens with zero attached hydrogens (tertiary/aromatic N) is 2. The number of hydrogen-bond donors (Lipinski definition) is 2. The first-order chi connectivity index (χ1) is 15.9. The van der Waals surface area contributed by atoms with Crippen LogP contribution in [0.25, 0.3) is 16.5 Å². The summed E-state index contributed by atoms with van der Waals surface area (Å²) in [6.45, 7) is 0. The van der Waals surface area contributed by atoms with E-state index in [2.05, 4.69) is 4.98 Å². The van der Waals surface area contributed by atoms with Crippen LogP contribution in [0.3, 0.4) is 0 Å². The van der Waals surface area contributed by atoms with Crippen molar-refractivity contribution < 1.29 is 18.4 Å². The van der Waals surface area contributed by atoms with Crippen molar-refractivity contribution in [2.45, 2.75) is 4.90 Å². The summed E-state index contributed by atoms with van der Waals surface area (Å²) in [5, 5.41) is 9.73. The van der Waals surface area contributed by atoms with Crippen molar-refractivity contribution in [3.63, 3.8) is 0 Å². The van der Waals surface area contributed by atoms with Crippen LogP contribution in [0.2, 0.25) is 0 Å². The van der Waals surface area contributed by atoms with E-state index in [-0.39, 0.29) is 4.90 Å². The normalized spacial score (nSPS) is 11.9. The quantitative estimate of drug-likeness (QED) is 0.258. The van der Waals surface area contributed by atoms with E-state index >= 15 is 0 Å². The summed E-state index contributed by atoms with van der Waals surface area (Å²) in [6.07, 6.45) is 2.82. The Morgan fingerprint density at radius 2 is 1.64 bits per heavy atom. The topological polar surface area (TPSA) is 99.6 Å². The third-order valence-electron chi connectivity index (χ3n) is 5.23. The Morgan fingerprint density at radius 3 is 2.39 bits per heavy atom. The maximum absolute atomic E-state index is 13.5. The third kappa shape index (κ3) is 4.48. The highest BCUT2D eigenvalue weighted by Gasteiger charge is 2.24. The van der Waals surface area contributed by atoms with Crippen LogP contribution in [0, 0.1) is 0 Å². The highest BCUT2D eigenvalue weighted by molar-refractivity contribution is 7.93. The van der Waals surface area contributed by atoms with Gasteiger partial charge in [-0.2, -0.15) is 0 Å². The number of aromatic nitrogens is 1. The van der Waals surface area contributed by atoms with Crippen molar-refractivity contribution in [2.24, 2.45) is 0 Å². The van der Waals surface area contributed by atoms with Gasteiger partial charge in [-0.15, -0.1) is 0 Å². The summed E-state index contributed by atoms with van der Waals surface area (Å²) in [7, 11) is -2.45. The van der Waals surface area contributed by atoms with Crippen molar-refractivity contribution in [3.05, 3.63) is 108 Å². The lowest BCUT2D eigenvalue weighted by atomic mass is 9.97. The smallest absolute Gasteiger partial charge is 0.267 e. The maximum Gasteiger partial charge on any atom is 0.267 e. The monoisotopic (exact) mass is 459 g/mol. The predicted molar refractivity (Wildman–Crippen MR) is 127 cm³/mol. The van der Waals surface area contributed by atoms with Crippen molar-refractivity contribution in [1.29, 1.82) is 0 Å². The summed E-state index contributed by atoms with van der Waals surface area (Å²) in [6, 6.07) is 24.6. The fraction of sp³-hybridized carbons (Fsp3) is 0.0400. The van der Waals surface area contributed by atoms with Crippen LogP contribution in [0.1, 0.15) is 11.1 Å². The molecule has 0 atom stereocenters. The second kappa shape index (κ2) is 9.23. The number of hydroxylamine groups is 1. The molecular weight excluding hydrogens is 438 g/mol. The molecule has 0 saturated carbocycles. The number of nitrogens with one attached hydrogen (secondary N) is 1. The fourth-order valence-electron chi connectivity index (χ4n) is 3.55. The van der Waals surface area contributed by atoms with Crippen molar-refractivity contribution in [3.8, 4) is 0 Å². The van der Waals surface area contributed by atoms with Gasteiger partial charge in [-0.3, -0.25) is 19.3 Å². The van der Waals surface area contributed by atoms with Crippen LogP contribution in [0.15, 0.2) is 102 Å². The van der Waals surface area contributed by atoms with Crippen LogP contribution < -0.4 is 9.79 Å². The maximum atomic E-state index is 13.5. The minimum absolute atomic E-state index is 0.104. The number of benzene rings is 3. The Hall–Kier alpha value is -4.01. The van der Waals surface area contributed by atoms with Crippen LogP contribution in [-0.2, 0) is 14.8 Å². The molecule has 0 aliphatic carbocycles.